The van der Waals surface area contributed by atoms with Gasteiger partial charge in [0.2, 0.25) is 0 Å². The number of carbonyl (C=O) groups excluding carboxylic acids is 2. The highest BCUT2D eigenvalue weighted by Gasteiger charge is 2.09. The molecule has 5 nitrogen and oxygen atoms in total. The number of rotatable bonds is 5. The minimum Gasteiger partial charge on any atom is -0.336 e. The molecular weight excluding hydrogens is 321 g/mol. The highest BCUT2D eigenvalue weighted by atomic mass is 19.1. The summed E-state index contributed by atoms with van der Waals surface area (Å²) in [7, 11) is 0. The molecule has 2 aromatic rings. The molecule has 25 heavy (non-hydrogen) atoms. The summed E-state index contributed by atoms with van der Waals surface area (Å²) in [5.74, 6) is -0.715. The Morgan fingerprint density at radius 1 is 1.08 bits per heavy atom. The van der Waals surface area contributed by atoms with E-state index in [0.717, 1.165) is 11.1 Å². The fraction of sp³-hybridized carbons (Fsp3) is 0.263. The largest absolute Gasteiger partial charge is 0.336 e. The monoisotopic (exact) mass is 343 g/mol. The average Bonchev–Trinajstić information content (AvgIpc) is 2.56. The zero-order valence-corrected chi connectivity index (χ0v) is 14.5. The van der Waals surface area contributed by atoms with Crippen LogP contribution in [0.5, 0.6) is 0 Å². The van der Waals surface area contributed by atoms with E-state index in [9.17, 15) is 14.0 Å². The number of amides is 3. The third-order valence-corrected chi connectivity index (χ3v) is 3.54. The predicted octanol–water partition coefficient (Wildman–Crippen LogP) is 3.59. The quantitative estimate of drug-likeness (QED) is 0.776. The van der Waals surface area contributed by atoms with E-state index in [-0.39, 0.29) is 18.0 Å². The summed E-state index contributed by atoms with van der Waals surface area (Å²) in [4.78, 5) is 23.8. The highest BCUT2D eigenvalue weighted by molar-refractivity contribution is 6.04. The summed E-state index contributed by atoms with van der Waals surface area (Å²) in [6, 6.07) is 11.0. The van der Waals surface area contributed by atoms with Crippen LogP contribution in [0.15, 0.2) is 42.5 Å². The summed E-state index contributed by atoms with van der Waals surface area (Å²) in [5.41, 5.74) is 2.56. The molecule has 0 saturated carbocycles. The van der Waals surface area contributed by atoms with Crippen LogP contribution in [0.3, 0.4) is 0 Å². The van der Waals surface area contributed by atoms with Gasteiger partial charge in [0, 0.05) is 23.8 Å². The molecule has 2 rings (SSSR count). The van der Waals surface area contributed by atoms with Gasteiger partial charge in [-0.05, 0) is 56.2 Å². The molecule has 0 unspecified atom stereocenters. The molecule has 0 radical (unpaired) electrons. The Kier molecular flexibility index (Phi) is 6.11. The number of urea groups is 1. The lowest BCUT2D eigenvalue weighted by Gasteiger charge is -2.11. The first-order valence-electron chi connectivity index (χ1n) is 8.06. The number of carbonyl (C=O) groups is 2. The molecule has 0 bridgehead atoms. The van der Waals surface area contributed by atoms with E-state index in [1.54, 1.807) is 37.3 Å². The molecule has 132 valence electrons. The zero-order valence-electron chi connectivity index (χ0n) is 14.5. The first-order valence-corrected chi connectivity index (χ1v) is 8.06. The zero-order chi connectivity index (χ0) is 18.4. The Labute approximate surface area is 146 Å². The maximum atomic E-state index is 13.3. The number of halogens is 1. The van der Waals surface area contributed by atoms with Gasteiger partial charge in [0.1, 0.15) is 5.82 Å². The Balaban J connectivity index is 1.96. The van der Waals surface area contributed by atoms with E-state index in [1.165, 1.54) is 12.1 Å². The molecular formula is C19H22FN3O2. The van der Waals surface area contributed by atoms with Gasteiger partial charge in [-0.25, -0.2) is 9.18 Å². The van der Waals surface area contributed by atoms with Crippen LogP contribution >= 0.6 is 0 Å². The second-order valence-electron chi connectivity index (χ2n) is 6.09. The van der Waals surface area contributed by atoms with Gasteiger partial charge in [-0.1, -0.05) is 18.2 Å². The predicted molar refractivity (Wildman–Crippen MR) is 96.0 cm³/mol. The Hall–Kier alpha value is -2.89. The maximum Gasteiger partial charge on any atom is 0.315 e. The molecule has 0 saturated heterocycles. The van der Waals surface area contributed by atoms with Crippen molar-refractivity contribution >= 4 is 17.6 Å². The van der Waals surface area contributed by atoms with Gasteiger partial charge in [0.15, 0.2) is 0 Å². The van der Waals surface area contributed by atoms with E-state index >= 15 is 0 Å². The molecule has 2 aromatic carbocycles. The standard InChI is InChI=1S/C19H22FN3O2/c1-12(2)22-19(25)21-11-14-5-7-15(8-6-14)18(24)23-17-10-16(20)9-4-13(17)3/h4-10,12H,11H2,1-3H3,(H,23,24)(H2,21,22,25). The second kappa shape index (κ2) is 8.28. The van der Waals surface area contributed by atoms with Crippen molar-refractivity contribution in [1.82, 2.24) is 10.6 Å². The Morgan fingerprint density at radius 2 is 1.76 bits per heavy atom. The fourth-order valence-electron chi connectivity index (χ4n) is 2.19. The molecule has 0 aliphatic heterocycles. The molecule has 0 aliphatic rings. The second-order valence-corrected chi connectivity index (χ2v) is 6.09. The normalized spacial score (nSPS) is 10.4. The van der Waals surface area contributed by atoms with Crippen molar-refractivity contribution in [3.8, 4) is 0 Å². The summed E-state index contributed by atoms with van der Waals surface area (Å²) in [5, 5.41) is 8.18. The van der Waals surface area contributed by atoms with Gasteiger partial charge in [0.05, 0.1) is 0 Å². The molecule has 0 aliphatic carbocycles. The number of nitrogens with one attached hydrogen (secondary N) is 3. The fourth-order valence-corrected chi connectivity index (χ4v) is 2.19. The van der Waals surface area contributed by atoms with Gasteiger partial charge in [-0.2, -0.15) is 0 Å². The lowest BCUT2D eigenvalue weighted by Crippen LogP contribution is -2.39. The first-order chi connectivity index (χ1) is 11.8. The van der Waals surface area contributed by atoms with Crippen LogP contribution in [0.25, 0.3) is 0 Å². The number of anilines is 1. The van der Waals surface area contributed by atoms with Gasteiger partial charge in [-0.15, -0.1) is 0 Å². The van der Waals surface area contributed by atoms with Crippen LogP contribution in [0.4, 0.5) is 14.9 Å². The SMILES string of the molecule is Cc1ccc(F)cc1NC(=O)c1ccc(CNC(=O)NC(C)C)cc1. The van der Waals surface area contributed by atoms with E-state index in [0.29, 0.717) is 17.8 Å². The molecule has 6 heteroatoms. The van der Waals surface area contributed by atoms with Crippen LogP contribution < -0.4 is 16.0 Å². The summed E-state index contributed by atoms with van der Waals surface area (Å²) >= 11 is 0. The van der Waals surface area contributed by atoms with E-state index in [4.69, 9.17) is 0 Å². The number of hydrogen-bond donors (Lipinski definition) is 3. The summed E-state index contributed by atoms with van der Waals surface area (Å²) in [6.07, 6.45) is 0. The summed E-state index contributed by atoms with van der Waals surface area (Å²) in [6.45, 7) is 5.93. The average molecular weight is 343 g/mol. The smallest absolute Gasteiger partial charge is 0.315 e. The van der Waals surface area contributed by atoms with Crippen molar-refractivity contribution < 1.29 is 14.0 Å². The van der Waals surface area contributed by atoms with Crippen LogP contribution in [-0.4, -0.2) is 18.0 Å². The minimum absolute atomic E-state index is 0.0670. The molecule has 0 heterocycles. The van der Waals surface area contributed by atoms with Gasteiger partial charge < -0.3 is 16.0 Å². The number of benzene rings is 2. The lowest BCUT2D eigenvalue weighted by atomic mass is 10.1. The molecule has 3 amide bonds. The van der Waals surface area contributed by atoms with Gasteiger partial charge in [-0.3, -0.25) is 4.79 Å². The lowest BCUT2D eigenvalue weighted by molar-refractivity contribution is 0.102. The van der Waals surface area contributed by atoms with Gasteiger partial charge >= 0.3 is 6.03 Å². The Morgan fingerprint density at radius 3 is 2.40 bits per heavy atom. The Bertz CT molecular complexity index is 758. The minimum atomic E-state index is -0.401. The van der Waals surface area contributed by atoms with Crippen LogP contribution in [-0.2, 0) is 6.54 Å². The first kappa shape index (κ1) is 18.4. The van der Waals surface area contributed by atoms with Crippen molar-refractivity contribution in [3.05, 3.63) is 65.0 Å². The third kappa shape index (κ3) is 5.60. The van der Waals surface area contributed by atoms with Gasteiger partial charge in [0.25, 0.3) is 5.91 Å². The molecule has 0 spiro atoms. The van der Waals surface area contributed by atoms with E-state index in [1.807, 2.05) is 13.8 Å². The van der Waals surface area contributed by atoms with Crippen molar-refractivity contribution in [2.75, 3.05) is 5.32 Å². The topological polar surface area (TPSA) is 70.2 Å². The molecule has 0 aromatic heterocycles. The van der Waals surface area contributed by atoms with Crippen LogP contribution in [0, 0.1) is 12.7 Å². The molecule has 0 atom stereocenters. The van der Waals surface area contributed by atoms with Crippen molar-refractivity contribution in [1.29, 1.82) is 0 Å². The van der Waals surface area contributed by atoms with E-state index in [2.05, 4.69) is 16.0 Å². The molecule has 0 fully saturated rings. The number of aryl methyl sites for hydroxylation is 1. The van der Waals surface area contributed by atoms with Crippen LogP contribution in [0.2, 0.25) is 0 Å². The third-order valence-electron chi connectivity index (χ3n) is 3.54. The van der Waals surface area contributed by atoms with Crippen molar-refractivity contribution in [3.63, 3.8) is 0 Å². The maximum absolute atomic E-state index is 13.3. The molecule has 3 N–H and O–H groups in total. The number of hydrogen-bond acceptors (Lipinski definition) is 2. The van der Waals surface area contributed by atoms with Crippen LogP contribution in [0.1, 0.15) is 35.3 Å². The highest BCUT2D eigenvalue weighted by Crippen LogP contribution is 2.17. The summed E-state index contributed by atoms with van der Waals surface area (Å²) < 4.78 is 13.3. The van der Waals surface area contributed by atoms with Crippen molar-refractivity contribution in [2.24, 2.45) is 0 Å². The van der Waals surface area contributed by atoms with Crippen molar-refractivity contribution in [2.45, 2.75) is 33.4 Å². The van der Waals surface area contributed by atoms with E-state index < -0.39 is 5.82 Å².